The molecule has 1 heterocycles. The third-order valence-electron chi connectivity index (χ3n) is 1.87. The van der Waals surface area contributed by atoms with Gasteiger partial charge in [-0.3, -0.25) is 0 Å². The van der Waals surface area contributed by atoms with E-state index in [-0.39, 0.29) is 6.10 Å². The molecule has 0 aromatic carbocycles. The first kappa shape index (κ1) is 12.2. The van der Waals surface area contributed by atoms with Crippen molar-refractivity contribution in [3.8, 4) is 0 Å². The van der Waals surface area contributed by atoms with E-state index in [1.165, 1.54) is 4.88 Å². The minimum Gasteiger partial charge on any atom is -0.393 e. The summed E-state index contributed by atoms with van der Waals surface area (Å²) < 4.78 is 6.30. The molecule has 1 rings (SSSR count). The monoisotopic (exact) mass is 278 g/mol. The van der Waals surface area contributed by atoms with Crippen LogP contribution in [0.2, 0.25) is 0 Å². The Hall–Kier alpha value is 0.1000. The smallest absolute Gasteiger partial charge is 0.0701 e. The highest BCUT2D eigenvalue weighted by Crippen LogP contribution is 2.23. The molecular weight excluding hydrogens is 264 g/mol. The van der Waals surface area contributed by atoms with Crippen LogP contribution in [0.3, 0.4) is 0 Å². The second-order valence-corrected chi connectivity index (χ2v) is 5.60. The van der Waals surface area contributed by atoms with E-state index in [4.69, 9.17) is 4.74 Å². The number of aliphatic hydroxyl groups is 1. The fraction of sp³-hybridized carbons (Fsp3) is 0.600. The highest BCUT2D eigenvalue weighted by molar-refractivity contribution is 9.11. The zero-order valence-electron chi connectivity index (χ0n) is 8.20. The maximum Gasteiger partial charge on any atom is 0.0701 e. The SMILES string of the molecule is CCOCCC(O)Cc1ccc(Br)s1. The van der Waals surface area contributed by atoms with Gasteiger partial charge in [-0.2, -0.15) is 0 Å². The van der Waals surface area contributed by atoms with Crippen molar-refractivity contribution in [1.29, 1.82) is 0 Å². The molecule has 0 aliphatic rings. The lowest BCUT2D eigenvalue weighted by atomic mass is 10.2. The predicted molar refractivity (Wildman–Crippen MR) is 62.8 cm³/mol. The number of aliphatic hydroxyl groups excluding tert-OH is 1. The van der Waals surface area contributed by atoms with Gasteiger partial charge in [-0.25, -0.2) is 0 Å². The molecule has 0 spiro atoms. The van der Waals surface area contributed by atoms with Crippen LogP contribution in [0, 0.1) is 0 Å². The summed E-state index contributed by atoms with van der Waals surface area (Å²) in [7, 11) is 0. The molecule has 0 bridgehead atoms. The van der Waals surface area contributed by atoms with Crippen LogP contribution in [0.25, 0.3) is 0 Å². The van der Waals surface area contributed by atoms with Gasteiger partial charge in [-0.1, -0.05) is 0 Å². The Labute approximate surface area is 97.0 Å². The third-order valence-corrected chi connectivity index (χ3v) is 3.51. The van der Waals surface area contributed by atoms with E-state index in [0.29, 0.717) is 13.0 Å². The van der Waals surface area contributed by atoms with Crippen LogP contribution >= 0.6 is 27.3 Å². The molecule has 1 N–H and O–H groups in total. The summed E-state index contributed by atoms with van der Waals surface area (Å²) >= 11 is 5.07. The van der Waals surface area contributed by atoms with Gasteiger partial charge >= 0.3 is 0 Å². The molecule has 0 saturated carbocycles. The highest BCUT2D eigenvalue weighted by atomic mass is 79.9. The Balaban J connectivity index is 2.23. The third kappa shape index (κ3) is 4.55. The summed E-state index contributed by atoms with van der Waals surface area (Å²) in [4.78, 5) is 1.21. The average Bonchev–Trinajstić information content (AvgIpc) is 2.52. The maximum atomic E-state index is 9.65. The predicted octanol–water partition coefficient (Wildman–Crippen LogP) is 2.84. The molecule has 1 aromatic rings. The Morgan fingerprint density at radius 2 is 2.36 bits per heavy atom. The van der Waals surface area contributed by atoms with Crippen molar-refractivity contribution < 1.29 is 9.84 Å². The fourth-order valence-corrected chi connectivity index (χ4v) is 2.71. The van der Waals surface area contributed by atoms with Gasteiger partial charge in [-0.15, -0.1) is 11.3 Å². The van der Waals surface area contributed by atoms with Gasteiger partial charge in [0.05, 0.1) is 9.89 Å². The number of thiophene rings is 1. The van der Waals surface area contributed by atoms with Crippen LogP contribution in [0.15, 0.2) is 15.9 Å². The van der Waals surface area contributed by atoms with Crippen molar-refractivity contribution >= 4 is 27.3 Å². The summed E-state index contributed by atoms with van der Waals surface area (Å²) in [6.07, 6.45) is 1.15. The zero-order valence-corrected chi connectivity index (χ0v) is 10.6. The van der Waals surface area contributed by atoms with Crippen LogP contribution in [0.4, 0.5) is 0 Å². The Bertz CT molecular complexity index is 262. The minimum atomic E-state index is -0.285. The minimum absolute atomic E-state index is 0.285. The number of halogens is 1. The molecule has 0 aliphatic carbocycles. The van der Waals surface area contributed by atoms with E-state index in [0.717, 1.165) is 16.8 Å². The molecule has 0 amide bonds. The zero-order chi connectivity index (χ0) is 10.4. The van der Waals surface area contributed by atoms with Crippen molar-refractivity contribution in [3.63, 3.8) is 0 Å². The summed E-state index contributed by atoms with van der Waals surface area (Å²) in [5.41, 5.74) is 0. The van der Waals surface area contributed by atoms with Gasteiger partial charge in [0.25, 0.3) is 0 Å². The molecule has 0 fully saturated rings. The molecular formula is C10H15BrO2S. The lowest BCUT2D eigenvalue weighted by molar-refractivity contribution is 0.0891. The highest BCUT2D eigenvalue weighted by Gasteiger charge is 2.07. The molecule has 0 aliphatic heterocycles. The number of hydrogen-bond donors (Lipinski definition) is 1. The van der Waals surface area contributed by atoms with E-state index >= 15 is 0 Å². The second kappa shape index (κ2) is 6.56. The van der Waals surface area contributed by atoms with Gasteiger partial charge in [0, 0.05) is 24.5 Å². The van der Waals surface area contributed by atoms with E-state index < -0.39 is 0 Å². The van der Waals surface area contributed by atoms with Crippen molar-refractivity contribution in [1.82, 2.24) is 0 Å². The van der Waals surface area contributed by atoms with Gasteiger partial charge < -0.3 is 9.84 Å². The van der Waals surface area contributed by atoms with Crippen molar-refractivity contribution in [3.05, 3.63) is 20.8 Å². The fourth-order valence-electron chi connectivity index (χ4n) is 1.16. The van der Waals surface area contributed by atoms with Crippen LogP contribution in [0.5, 0.6) is 0 Å². The van der Waals surface area contributed by atoms with E-state index in [2.05, 4.69) is 15.9 Å². The molecule has 1 unspecified atom stereocenters. The van der Waals surface area contributed by atoms with E-state index in [1.54, 1.807) is 11.3 Å². The Morgan fingerprint density at radius 3 is 2.93 bits per heavy atom. The first-order valence-electron chi connectivity index (χ1n) is 4.72. The average molecular weight is 279 g/mol. The lowest BCUT2D eigenvalue weighted by Crippen LogP contribution is -2.12. The van der Waals surface area contributed by atoms with Gasteiger partial charge in [0.2, 0.25) is 0 Å². The Morgan fingerprint density at radius 1 is 1.57 bits per heavy atom. The molecule has 2 nitrogen and oxygen atoms in total. The van der Waals surface area contributed by atoms with Crippen molar-refractivity contribution in [2.45, 2.75) is 25.9 Å². The Kier molecular flexibility index (Phi) is 5.70. The molecule has 0 radical (unpaired) electrons. The van der Waals surface area contributed by atoms with Gasteiger partial charge in [-0.05, 0) is 41.4 Å². The van der Waals surface area contributed by atoms with Crippen LogP contribution in [0.1, 0.15) is 18.2 Å². The quantitative estimate of drug-likeness (QED) is 0.811. The summed E-state index contributed by atoms with van der Waals surface area (Å²) in [6.45, 7) is 3.32. The summed E-state index contributed by atoms with van der Waals surface area (Å²) in [6, 6.07) is 4.05. The normalized spacial score (nSPS) is 13.1. The van der Waals surface area contributed by atoms with E-state index in [9.17, 15) is 5.11 Å². The molecule has 0 saturated heterocycles. The summed E-state index contributed by atoms with van der Waals surface area (Å²) in [5.74, 6) is 0. The largest absolute Gasteiger partial charge is 0.393 e. The number of hydrogen-bond acceptors (Lipinski definition) is 3. The van der Waals surface area contributed by atoms with Crippen molar-refractivity contribution in [2.24, 2.45) is 0 Å². The lowest BCUT2D eigenvalue weighted by Gasteiger charge is -2.08. The van der Waals surface area contributed by atoms with Crippen LogP contribution < -0.4 is 0 Å². The topological polar surface area (TPSA) is 29.5 Å². The first-order valence-corrected chi connectivity index (χ1v) is 6.33. The number of ether oxygens (including phenoxy) is 1. The molecule has 14 heavy (non-hydrogen) atoms. The molecule has 4 heteroatoms. The first-order chi connectivity index (χ1) is 6.72. The van der Waals surface area contributed by atoms with Gasteiger partial charge in [0.1, 0.15) is 0 Å². The molecule has 80 valence electrons. The van der Waals surface area contributed by atoms with Crippen LogP contribution in [-0.2, 0) is 11.2 Å². The second-order valence-electron chi connectivity index (χ2n) is 3.05. The van der Waals surface area contributed by atoms with E-state index in [1.807, 2.05) is 19.1 Å². The maximum absolute atomic E-state index is 9.65. The van der Waals surface area contributed by atoms with Crippen LogP contribution in [-0.4, -0.2) is 24.4 Å². The molecule has 1 aromatic heterocycles. The standard InChI is InChI=1S/C10H15BrO2S/c1-2-13-6-5-8(12)7-9-3-4-10(11)14-9/h3-4,8,12H,2,5-7H2,1H3. The van der Waals surface area contributed by atoms with Crippen molar-refractivity contribution in [2.75, 3.05) is 13.2 Å². The van der Waals surface area contributed by atoms with Gasteiger partial charge in [0.15, 0.2) is 0 Å². The molecule has 1 atom stereocenters. The summed E-state index contributed by atoms with van der Waals surface area (Å²) in [5, 5.41) is 9.65. The number of rotatable bonds is 6.